The van der Waals surface area contributed by atoms with Crippen LogP contribution in [0, 0.1) is 0 Å². The molecule has 0 bridgehead atoms. The molecule has 8 heteroatoms. The lowest BCUT2D eigenvalue weighted by Gasteiger charge is -2.34. The zero-order valence-electron chi connectivity index (χ0n) is 26.7. The van der Waals surface area contributed by atoms with Gasteiger partial charge in [-0.15, -0.1) is 0 Å². The predicted octanol–water partition coefficient (Wildman–Crippen LogP) is 6.65. The third kappa shape index (κ3) is 8.53. The molecule has 0 spiro atoms. The number of ether oxygens (including phenoxy) is 2. The van der Waals surface area contributed by atoms with E-state index in [-0.39, 0.29) is 42.0 Å². The van der Waals surface area contributed by atoms with Crippen LogP contribution in [0.25, 0.3) is 10.8 Å². The molecule has 1 fully saturated rings. The largest absolute Gasteiger partial charge is 0.504 e. The highest BCUT2D eigenvalue weighted by Gasteiger charge is 2.24. The molecule has 1 aliphatic heterocycles. The lowest BCUT2D eigenvalue weighted by Crippen LogP contribution is -2.41. The first kappa shape index (κ1) is 32.6. The Kier molecular flexibility index (Phi) is 10.9. The highest BCUT2D eigenvalue weighted by atomic mass is 16.5. The summed E-state index contributed by atoms with van der Waals surface area (Å²) in [5, 5.41) is 14.7. The summed E-state index contributed by atoms with van der Waals surface area (Å²) in [7, 11) is 0. The number of hydrogen-bond acceptors (Lipinski definition) is 7. The fourth-order valence-electron chi connectivity index (χ4n) is 5.96. The van der Waals surface area contributed by atoms with E-state index in [2.05, 4.69) is 39.5 Å². The van der Waals surface area contributed by atoms with Crippen molar-refractivity contribution in [3.63, 3.8) is 0 Å². The topological polar surface area (TPSA) is 101 Å². The van der Waals surface area contributed by atoms with Gasteiger partial charge in [0.15, 0.2) is 17.3 Å². The van der Waals surface area contributed by atoms with Gasteiger partial charge in [0.25, 0.3) is 0 Å². The molecule has 0 unspecified atom stereocenters. The summed E-state index contributed by atoms with van der Waals surface area (Å²) < 4.78 is 12.5. The van der Waals surface area contributed by atoms with E-state index in [1.807, 2.05) is 60.7 Å². The monoisotopic (exact) mass is 641 g/mol. The van der Waals surface area contributed by atoms with Gasteiger partial charge in [-0.25, -0.2) is 0 Å². The third-order valence-electron chi connectivity index (χ3n) is 8.51. The van der Waals surface area contributed by atoms with Crippen molar-refractivity contribution in [2.24, 2.45) is 0 Å². The van der Waals surface area contributed by atoms with E-state index < -0.39 is 0 Å². The smallest absolute Gasteiger partial charge is 0.244 e. The van der Waals surface area contributed by atoms with Gasteiger partial charge in [0, 0.05) is 44.0 Å². The molecule has 1 amide bonds. The molecule has 0 aliphatic carbocycles. The number of piperidine rings is 1. The Morgan fingerprint density at radius 3 is 2.27 bits per heavy atom. The highest BCUT2D eigenvalue weighted by molar-refractivity contribution is 6.15. The van der Waals surface area contributed by atoms with Gasteiger partial charge in [0.05, 0.1) is 11.8 Å². The minimum absolute atomic E-state index is 0.0294. The van der Waals surface area contributed by atoms with Gasteiger partial charge in [-0.2, -0.15) is 0 Å². The first-order valence-electron chi connectivity index (χ1n) is 16.3. The maximum absolute atomic E-state index is 13.1. The molecule has 48 heavy (non-hydrogen) atoms. The van der Waals surface area contributed by atoms with Crippen molar-refractivity contribution in [1.82, 2.24) is 15.2 Å². The fourth-order valence-corrected chi connectivity index (χ4v) is 5.96. The van der Waals surface area contributed by atoms with Crippen LogP contribution in [0.4, 0.5) is 0 Å². The number of likely N-dealkylation sites (tertiary alicyclic amines) is 1. The maximum Gasteiger partial charge on any atom is 0.244 e. The number of nitrogens with one attached hydrogen (secondary N) is 1. The van der Waals surface area contributed by atoms with Crippen LogP contribution >= 0.6 is 0 Å². The van der Waals surface area contributed by atoms with Crippen LogP contribution in [-0.2, 0) is 16.1 Å². The van der Waals surface area contributed by atoms with Crippen molar-refractivity contribution in [2.45, 2.75) is 31.7 Å². The zero-order chi connectivity index (χ0) is 33.1. The summed E-state index contributed by atoms with van der Waals surface area (Å²) in [5.41, 5.74) is 3.42. The van der Waals surface area contributed by atoms with Crippen LogP contribution in [0.1, 0.15) is 46.1 Å². The van der Waals surface area contributed by atoms with E-state index in [1.165, 1.54) is 12.2 Å². The van der Waals surface area contributed by atoms with Crippen LogP contribution in [-0.4, -0.2) is 59.0 Å². The molecule has 6 rings (SSSR count). The van der Waals surface area contributed by atoms with Gasteiger partial charge in [0.2, 0.25) is 5.91 Å². The molecule has 1 saturated heterocycles. The molecule has 2 heterocycles. The molecular weight excluding hydrogens is 602 g/mol. The van der Waals surface area contributed by atoms with Gasteiger partial charge < -0.3 is 24.8 Å². The average molecular weight is 642 g/mol. The van der Waals surface area contributed by atoms with E-state index in [4.69, 9.17) is 9.47 Å². The summed E-state index contributed by atoms with van der Waals surface area (Å²) in [4.78, 5) is 32.3. The molecule has 2 N–H and O–H groups in total. The van der Waals surface area contributed by atoms with Gasteiger partial charge in [-0.3, -0.25) is 14.6 Å². The normalized spacial score (nSPS) is 14.0. The first-order chi connectivity index (χ1) is 23.5. The number of fused-ring (bicyclic) bond motifs is 1. The molecule has 1 aromatic heterocycles. The Labute approximate surface area is 280 Å². The number of rotatable bonds is 13. The second-order valence-electron chi connectivity index (χ2n) is 11.8. The standard InChI is InChI=1S/C40H39N3O5/c44-36(34-16-9-14-31-26-37(45)38(27-35(31)34)47-28-32-15-7-8-21-41-32)17-18-39(46)42-22-25-43-23-19-33(20-24-43)48-40(29-10-3-1-4-11-29)30-12-5-2-6-13-30/h1-18,21,26-27,33,40,45H,19-20,22-25,28H2,(H,42,46). The van der Waals surface area contributed by atoms with Crippen molar-refractivity contribution in [2.75, 3.05) is 26.2 Å². The summed E-state index contributed by atoms with van der Waals surface area (Å²) in [5.74, 6) is -0.424. The van der Waals surface area contributed by atoms with Crippen LogP contribution in [0.5, 0.6) is 11.5 Å². The van der Waals surface area contributed by atoms with Crippen molar-refractivity contribution in [1.29, 1.82) is 0 Å². The fraction of sp³-hybridized carbons (Fsp3) is 0.225. The lowest BCUT2D eigenvalue weighted by molar-refractivity contribution is -0.116. The number of nitrogens with zero attached hydrogens (tertiary/aromatic N) is 2. The average Bonchev–Trinajstić information content (AvgIpc) is 3.13. The number of carbonyl (C=O) groups is 2. The van der Waals surface area contributed by atoms with E-state index >= 15 is 0 Å². The Balaban J connectivity index is 0.980. The summed E-state index contributed by atoms with van der Waals surface area (Å²) in [6, 6.07) is 34.6. The Hall–Kier alpha value is -5.31. The second-order valence-corrected chi connectivity index (χ2v) is 11.8. The van der Waals surface area contributed by atoms with Crippen LogP contribution in [0.15, 0.2) is 128 Å². The number of pyridine rings is 1. The number of hydrogen-bond donors (Lipinski definition) is 2. The second kappa shape index (κ2) is 16.0. The molecule has 0 radical (unpaired) electrons. The number of ketones is 1. The number of carbonyl (C=O) groups excluding carboxylic acids is 2. The maximum atomic E-state index is 13.1. The SMILES string of the molecule is O=C(C=CC(=O)c1cccc2cc(O)c(OCc3ccccn3)cc12)NCCN1CCC(OC(c2ccccc2)c2ccccc2)CC1. The predicted molar refractivity (Wildman–Crippen MR) is 186 cm³/mol. The number of amides is 1. The minimum Gasteiger partial charge on any atom is -0.504 e. The highest BCUT2D eigenvalue weighted by Crippen LogP contribution is 2.34. The molecule has 8 nitrogen and oxygen atoms in total. The van der Waals surface area contributed by atoms with E-state index in [9.17, 15) is 14.7 Å². The van der Waals surface area contributed by atoms with E-state index in [1.54, 1.807) is 30.5 Å². The summed E-state index contributed by atoms with van der Waals surface area (Å²) in [6.07, 6.45) is 6.10. The number of aromatic nitrogens is 1. The summed E-state index contributed by atoms with van der Waals surface area (Å²) in [6.45, 7) is 3.13. The van der Waals surface area contributed by atoms with Gasteiger partial charge in [-0.05, 0) is 65.1 Å². The number of aromatic hydroxyl groups is 1. The van der Waals surface area contributed by atoms with Crippen molar-refractivity contribution in [3.8, 4) is 11.5 Å². The third-order valence-corrected chi connectivity index (χ3v) is 8.51. The van der Waals surface area contributed by atoms with Crippen LogP contribution in [0.2, 0.25) is 0 Å². The lowest BCUT2D eigenvalue weighted by atomic mass is 10.00. The summed E-state index contributed by atoms with van der Waals surface area (Å²) >= 11 is 0. The van der Waals surface area contributed by atoms with Gasteiger partial charge in [0.1, 0.15) is 12.7 Å². The molecule has 244 valence electrons. The minimum atomic E-state index is -0.326. The quantitative estimate of drug-likeness (QED) is 0.110. The Bertz CT molecular complexity index is 1800. The molecule has 0 atom stereocenters. The van der Waals surface area contributed by atoms with E-state index in [0.717, 1.165) is 43.6 Å². The number of phenolic OH excluding ortho intramolecular Hbond substituents is 1. The van der Waals surface area contributed by atoms with Gasteiger partial charge >= 0.3 is 0 Å². The molecular formula is C40H39N3O5. The van der Waals surface area contributed by atoms with Crippen molar-refractivity contribution in [3.05, 3.63) is 150 Å². The molecule has 5 aromatic rings. The first-order valence-corrected chi connectivity index (χ1v) is 16.3. The van der Waals surface area contributed by atoms with Crippen molar-refractivity contribution >= 4 is 22.5 Å². The van der Waals surface area contributed by atoms with Crippen molar-refractivity contribution < 1.29 is 24.2 Å². The molecule has 0 saturated carbocycles. The number of phenols is 1. The van der Waals surface area contributed by atoms with Crippen LogP contribution < -0.4 is 10.1 Å². The molecule has 4 aromatic carbocycles. The Morgan fingerprint density at radius 1 is 0.875 bits per heavy atom. The molecule has 1 aliphatic rings. The van der Waals surface area contributed by atoms with Crippen LogP contribution in [0.3, 0.4) is 0 Å². The number of benzene rings is 4. The Morgan fingerprint density at radius 2 is 1.58 bits per heavy atom. The zero-order valence-corrected chi connectivity index (χ0v) is 26.7. The van der Waals surface area contributed by atoms with Gasteiger partial charge in [-0.1, -0.05) is 84.9 Å². The van der Waals surface area contributed by atoms with E-state index in [0.29, 0.717) is 28.6 Å². The number of allylic oxidation sites excluding steroid dienone is 1.